The molecular weight excluding hydrogens is 276 g/mol. The number of ether oxygens (including phenoxy) is 1. The fourth-order valence-corrected chi connectivity index (χ4v) is 2.36. The Balaban J connectivity index is 3.12. The molecule has 1 rings (SSSR count). The van der Waals surface area contributed by atoms with Gasteiger partial charge in [0.25, 0.3) is 0 Å². The number of nitrogens with one attached hydrogen (secondary N) is 1. The van der Waals surface area contributed by atoms with Crippen molar-refractivity contribution in [3.8, 4) is 0 Å². The summed E-state index contributed by atoms with van der Waals surface area (Å²) in [6.07, 6.45) is 3.03. The van der Waals surface area contributed by atoms with Gasteiger partial charge in [0.05, 0.1) is 22.9 Å². The Morgan fingerprint density at radius 2 is 2.10 bits per heavy atom. The molecular formula is C15H23ClN2O2. The Labute approximate surface area is 125 Å². The molecule has 0 aliphatic heterocycles. The predicted octanol–water partition coefficient (Wildman–Crippen LogP) is 4.09. The molecule has 0 spiro atoms. The van der Waals surface area contributed by atoms with Crippen molar-refractivity contribution in [1.82, 2.24) is 0 Å². The third-order valence-electron chi connectivity index (χ3n) is 3.09. The van der Waals surface area contributed by atoms with Crippen molar-refractivity contribution in [1.29, 1.82) is 0 Å². The molecule has 0 saturated carbocycles. The maximum absolute atomic E-state index is 12.0. The highest BCUT2D eigenvalue weighted by Crippen LogP contribution is 2.31. The van der Waals surface area contributed by atoms with Gasteiger partial charge in [-0.15, -0.1) is 0 Å². The van der Waals surface area contributed by atoms with E-state index in [2.05, 4.69) is 19.2 Å². The number of hydrogen-bond donors (Lipinski definition) is 2. The molecule has 0 saturated heterocycles. The Bertz CT molecular complexity index is 463. The lowest BCUT2D eigenvalue weighted by molar-refractivity contribution is 0.0527. The van der Waals surface area contributed by atoms with Gasteiger partial charge in [-0.1, -0.05) is 31.9 Å². The van der Waals surface area contributed by atoms with E-state index in [0.717, 1.165) is 19.3 Å². The number of carbonyl (C=O) groups excluding carboxylic acids is 1. The van der Waals surface area contributed by atoms with Crippen LogP contribution in [0.2, 0.25) is 5.02 Å². The van der Waals surface area contributed by atoms with Gasteiger partial charge in [0.15, 0.2) is 0 Å². The lowest BCUT2D eigenvalue weighted by Crippen LogP contribution is -2.21. The van der Waals surface area contributed by atoms with Crippen LogP contribution in [0, 0.1) is 0 Å². The number of esters is 1. The van der Waals surface area contributed by atoms with E-state index < -0.39 is 5.97 Å². The van der Waals surface area contributed by atoms with Gasteiger partial charge >= 0.3 is 5.97 Å². The van der Waals surface area contributed by atoms with Crippen LogP contribution < -0.4 is 11.1 Å². The highest BCUT2D eigenvalue weighted by Gasteiger charge is 2.18. The van der Waals surface area contributed by atoms with Crippen molar-refractivity contribution < 1.29 is 9.53 Å². The number of hydrogen-bond acceptors (Lipinski definition) is 4. The molecule has 4 nitrogen and oxygen atoms in total. The number of benzene rings is 1. The highest BCUT2D eigenvalue weighted by molar-refractivity contribution is 6.34. The van der Waals surface area contributed by atoms with Gasteiger partial charge in [0, 0.05) is 11.7 Å². The summed E-state index contributed by atoms with van der Waals surface area (Å²) in [6.45, 7) is 6.31. The molecule has 3 N–H and O–H groups in total. The smallest absolute Gasteiger partial charge is 0.340 e. The lowest BCUT2D eigenvalue weighted by atomic mass is 10.1. The molecule has 0 amide bonds. The molecule has 1 aromatic rings. The zero-order chi connectivity index (χ0) is 15.1. The Kier molecular flexibility index (Phi) is 6.65. The zero-order valence-electron chi connectivity index (χ0n) is 12.3. The number of nitrogen functional groups attached to an aromatic ring is 1. The minimum Gasteiger partial charge on any atom is -0.462 e. The zero-order valence-corrected chi connectivity index (χ0v) is 13.1. The lowest BCUT2D eigenvalue weighted by Gasteiger charge is -2.21. The van der Waals surface area contributed by atoms with Crippen molar-refractivity contribution >= 4 is 28.9 Å². The normalized spacial score (nSPS) is 12.0. The monoisotopic (exact) mass is 298 g/mol. The van der Waals surface area contributed by atoms with E-state index in [1.165, 1.54) is 0 Å². The average molecular weight is 299 g/mol. The average Bonchev–Trinajstić information content (AvgIpc) is 2.40. The number of halogens is 1. The van der Waals surface area contributed by atoms with Gasteiger partial charge in [0.1, 0.15) is 0 Å². The van der Waals surface area contributed by atoms with Crippen molar-refractivity contribution in [2.24, 2.45) is 0 Å². The molecule has 1 unspecified atom stereocenters. The van der Waals surface area contributed by atoms with Crippen molar-refractivity contribution in [2.75, 3.05) is 17.7 Å². The molecule has 20 heavy (non-hydrogen) atoms. The molecule has 5 heteroatoms. The largest absolute Gasteiger partial charge is 0.462 e. The summed E-state index contributed by atoms with van der Waals surface area (Å²) in [5, 5.41) is 3.79. The summed E-state index contributed by atoms with van der Waals surface area (Å²) >= 11 is 6.23. The Morgan fingerprint density at radius 1 is 1.40 bits per heavy atom. The van der Waals surface area contributed by atoms with Crippen LogP contribution in [0.1, 0.15) is 50.4 Å². The van der Waals surface area contributed by atoms with Crippen LogP contribution in [0.15, 0.2) is 12.1 Å². The SMILES string of the molecule is CCCC(CC)Nc1c(Cl)cc(N)cc1C(=O)OCC. The molecule has 0 radical (unpaired) electrons. The maximum atomic E-state index is 12.0. The van der Waals surface area contributed by atoms with E-state index >= 15 is 0 Å². The highest BCUT2D eigenvalue weighted by atomic mass is 35.5. The van der Waals surface area contributed by atoms with E-state index in [0.29, 0.717) is 28.6 Å². The molecule has 0 aliphatic rings. The molecule has 0 aromatic heterocycles. The molecule has 0 heterocycles. The third-order valence-corrected chi connectivity index (χ3v) is 3.38. The summed E-state index contributed by atoms with van der Waals surface area (Å²) in [6, 6.07) is 3.52. The first-order valence-electron chi connectivity index (χ1n) is 7.06. The van der Waals surface area contributed by atoms with E-state index in [4.69, 9.17) is 22.1 Å². The molecule has 0 fully saturated rings. The summed E-state index contributed by atoms with van der Waals surface area (Å²) in [5.74, 6) is -0.407. The van der Waals surface area contributed by atoms with Gasteiger partial charge in [-0.05, 0) is 31.9 Å². The second-order valence-corrected chi connectivity index (χ2v) is 5.09. The fourth-order valence-electron chi connectivity index (χ4n) is 2.08. The Morgan fingerprint density at radius 3 is 2.65 bits per heavy atom. The van der Waals surface area contributed by atoms with Crippen LogP contribution in [0.25, 0.3) is 0 Å². The second-order valence-electron chi connectivity index (χ2n) is 4.68. The van der Waals surface area contributed by atoms with Gasteiger partial charge in [-0.2, -0.15) is 0 Å². The van der Waals surface area contributed by atoms with E-state index in [1.54, 1.807) is 19.1 Å². The minimum atomic E-state index is -0.407. The number of nitrogens with two attached hydrogens (primary N) is 1. The minimum absolute atomic E-state index is 0.273. The molecule has 0 bridgehead atoms. The fraction of sp³-hybridized carbons (Fsp3) is 0.533. The maximum Gasteiger partial charge on any atom is 0.340 e. The molecule has 0 aliphatic carbocycles. The summed E-state index contributed by atoms with van der Waals surface area (Å²) in [7, 11) is 0. The first kappa shape index (κ1) is 16.6. The summed E-state index contributed by atoms with van der Waals surface area (Å²) < 4.78 is 5.06. The summed E-state index contributed by atoms with van der Waals surface area (Å²) in [4.78, 5) is 12.0. The van der Waals surface area contributed by atoms with Crippen LogP contribution in [-0.2, 0) is 4.74 Å². The van der Waals surface area contributed by atoms with Gasteiger partial charge in [-0.25, -0.2) is 4.79 Å². The first-order chi connectivity index (χ1) is 9.53. The van der Waals surface area contributed by atoms with Gasteiger partial charge in [-0.3, -0.25) is 0 Å². The van der Waals surface area contributed by atoms with Crippen LogP contribution in [0.4, 0.5) is 11.4 Å². The first-order valence-corrected chi connectivity index (χ1v) is 7.43. The standard InChI is InChI=1S/C15H23ClN2O2/c1-4-7-11(5-2)18-14-12(15(19)20-6-3)8-10(17)9-13(14)16/h8-9,11,18H,4-7,17H2,1-3H3. The third kappa shape index (κ3) is 4.30. The number of carbonyl (C=O) groups is 1. The molecule has 112 valence electrons. The van der Waals surface area contributed by atoms with Crippen LogP contribution in [0.5, 0.6) is 0 Å². The Hall–Kier alpha value is -1.42. The quantitative estimate of drug-likeness (QED) is 0.588. The van der Waals surface area contributed by atoms with Gasteiger partial charge < -0.3 is 15.8 Å². The van der Waals surface area contributed by atoms with Gasteiger partial charge in [0.2, 0.25) is 0 Å². The van der Waals surface area contributed by atoms with E-state index in [9.17, 15) is 4.79 Å². The van der Waals surface area contributed by atoms with Crippen molar-refractivity contribution in [2.45, 2.75) is 46.1 Å². The van der Waals surface area contributed by atoms with Crippen molar-refractivity contribution in [3.63, 3.8) is 0 Å². The second kappa shape index (κ2) is 8.00. The van der Waals surface area contributed by atoms with Crippen LogP contribution in [-0.4, -0.2) is 18.6 Å². The topological polar surface area (TPSA) is 64.3 Å². The van der Waals surface area contributed by atoms with E-state index in [1.807, 2.05) is 0 Å². The van der Waals surface area contributed by atoms with Crippen LogP contribution in [0.3, 0.4) is 0 Å². The van der Waals surface area contributed by atoms with Crippen LogP contribution >= 0.6 is 11.6 Å². The van der Waals surface area contributed by atoms with Crippen molar-refractivity contribution in [3.05, 3.63) is 22.7 Å². The summed E-state index contributed by atoms with van der Waals surface area (Å²) in [5.41, 5.74) is 7.22. The predicted molar refractivity (Wildman–Crippen MR) is 84.4 cm³/mol. The number of rotatable bonds is 7. The molecule has 1 aromatic carbocycles. The van der Waals surface area contributed by atoms with E-state index in [-0.39, 0.29) is 6.04 Å². The number of anilines is 2. The molecule has 1 atom stereocenters.